The second-order valence-corrected chi connectivity index (χ2v) is 6.82. The number of fused-ring (bicyclic) bond motifs is 1. The van der Waals surface area contributed by atoms with Crippen LogP contribution in [0.3, 0.4) is 0 Å². The maximum absolute atomic E-state index is 12.7. The summed E-state index contributed by atoms with van der Waals surface area (Å²) >= 11 is 1.45. The minimum Gasteiger partial charge on any atom is -0.333 e. The molecule has 2 aromatic carbocycles. The first kappa shape index (κ1) is 17.1. The molecule has 4 rings (SSSR count). The summed E-state index contributed by atoms with van der Waals surface area (Å²) in [7, 11) is 0. The molecule has 2 heterocycles. The highest BCUT2D eigenvalue weighted by Gasteiger charge is 2.12. The summed E-state index contributed by atoms with van der Waals surface area (Å²) in [5, 5.41) is 10.3. The van der Waals surface area contributed by atoms with Crippen LogP contribution in [0.2, 0.25) is 0 Å². The van der Waals surface area contributed by atoms with E-state index in [0.29, 0.717) is 22.5 Å². The van der Waals surface area contributed by atoms with Gasteiger partial charge in [0.15, 0.2) is 5.16 Å². The summed E-state index contributed by atoms with van der Waals surface area (Å²) in [5.74, 6) is 0.992. The van der Waals surface area contributed by atoms with E-state index in [-0.39, 0.29) is 12.1 Å². The molecule has 0 bridgehead atoms. The number of nitrogens with one attached hydrogen (secondary N) is 1. The molecule has 6 nitrogen and oxygen atoms in total. The molecule has 0 aliphatic rings. The van der Waals surface area contributed by atoms with Crippen LogP contribution in [0.4, 0.5) is 0 Å². The predicted octanol–water partition coefficient (Wildman–Crippen LogP) is 3.60. The summed E-state index contributed by atoms with van der Waals surface area (Å²) in [6.45, 7) is -0.0278. The fraction of sp³-hybridized carbons (Fsp3) is 0.100. The summed E-state index contributed by atoms with van der Waals surface area (Å²) in [6, 6.07) is 19.2. The largest absolute Gasteiger partial charge is 0.333 e. The van der Waals surface area contributed by atoms with Gasteiger partial charge in [0.2, 0.25) is 0 Å². The van der Waals surface area contributed by atoms with Gasteiger partial charge < -0.3 is 4.98 Å². The molecule has 27 heavy (non-hydrogen) atoms. The Morgan fingerprint density at radius 1 is 1.11 bits per heavy atom. The van der Waals surface area contributed by atoms with Crippen LogP contribution in [-0.4, -0.2) is 19.5 Å². The predicted molar refractivity (Wildman–Crippen MR) is 105 cm³/mol. The summed E-state index contributed by atoms with van der Waals surface area (Å²) in [5.41, 5.74) is 2.43. The Morgan fingerprint density at radius 3 is 2.70 bits per heavy atom. The first-order valence-electron chi connectivity index (χ1n) is 8.35. The smallest absolute Gasteiger partial charge is 0.262 e. The molecule has 4 aromatic rings. The van der Waals surface area contributed by atoms with Crippen LogP contribution in [-0.2, 0) is 12.3 Å². The molecule has 132 valence electrons. The van der Waals surface area contributed by atoms with Gasteiger partial charge in [0.25, 0.3) is 5.56 Å². The third-order valence-corrected chi connectivity index (χ3v) is 5.03. The monoisotopic (exact) mass is 373 g/mol. The Labute approximate surface area is 159 Å². The number of aromatic nitrogens is 4. The first-order chi connectivity index (χ1) is 13.3. The highest BCUT2D eigenvalue weighted by Crippen LogP contribution is 2.23. The van der Waals surface area contributed by atoms with Gasteiger partial charge in [0.05, 0.1) is 34.6 Å². The molecule has 1 N–H and O–H groups in total. The van der Waals surface area contributed by atoms with Gasteiger partial charge in [-0.25, -0.2) is 9.97 Å². The molecule has 2 aromatic heterocycles. The molecule has 0 unspecified atom stereocenters. The lowest BCUT2D eigenvalue weighted by Gasteiger charge is -2.09. The van der Waals surface area contributed by atoms with E-state index in [1.165, 1.54) is 16.3 Å². The van der Waals surface area contributed by atoms with E-state index in [4.69, 9.17) is 5.26 Å². The van der Waals surface area contributed by atoms with Crippen molar-refractivity contribution >= 4 is 22.7 Å². The van der Waals surface area contributed by atoms with E-state index in [0.717, 1.165) is 16.4 Å². The maximum Gasteiger partial charge on any atom is 0.262 e. The lowest BCUT2D eigenvalue weighted by Crippen LogP contribution is -2.24. The molecule has 0 spiro atoms. The lowest BCUT2D eigenvalue weighted by molar-refractivity contribution is 0.730. The molecule has 0 amide bonds. The Morgan fingerprint density at radius 2 is 1.89 bits per heavy atom. The molecular formula is C20H15N5OS. The fourth-order valence-corrected chi connectivity index (χ4v) is 3.63. The number of hydrogen-bond acceptors (Lipinski definition) is 5. The van der Waals surface area contributed by atoms with Crippen LogP contribution in [0.5, 0.6) is 0 Å². The summed E-state index contributed by atoms with van der Waals surface area (Å²) < 4.78 is 1.43. The van der Waals surface area contributed by atoms with Gasteiger partial charge in [-0.15, -0.1) is 0 Å². The number of aromatic amines is 1. The van der Waals surface area contributed by atoms with Crippen LogP contribution < -0.4 is 5.56 Å². The molecule has 7 heteroatoms. The van der Waals surface area contributed by atoms with Gasteiger partial charge in [-0.1, -0.05) is 54.2 Å². The quantitative estimate of drug-likeness (QED) is 0.540. The standard InChI is InChI=1S/C20H15N5OS/c21-10-11-25-18(23-16-9-5-4-8-15(16)19(25)26)13-27-20-22-12-17(24-20)14-6-2-1-3-7-14/h1-9,12H,11,13H2,(H,22,24). The third-order valence-electron chi connectivity index (χ3n) is 4.14. The van der Waals surface area contributed by atoms with Gasteiger partial charge in [-0.2, -0.15) is 5.26 Å². The zero-order valence-electron chi connectivity index (χ0n) is 14.3. The Kier molecular flexibility index (Phi) is 4.73. The van der Waals surface area contributed by atoms with E-state index in [1.54, 1.807) is 18.3 Å². The van der Waals surface area contributed by atoms with Crippen molar-refractivity contribution in [3.8, 4) is 17.3 Å². The van der Waals surface area contributed by atoms with Crippen molar-refractivity contribution in [2.75, 3.05) is 0 Å². The molecule has 0 aliphatic carbocycles. The van der Waals surface area contributed by atoms with Gasteiger partial charge in [-0.3, -0.25) is 9.36 Å². The van der Waals surface area contributed by atoms with Crippen LogP contribution in [0.1, 0.15) is 5.82 Å². The number of para-hydroxylation sites is 1. The number of hydrogen-bond donors (Lipinski definition) is 1. The Balaban J connectivity index is 1.62. The topological polar surface area (TPSA) is 87.4 Å². The van der Waals surface area contributed by atoms with Crippen molar-refractivity contribution < 1.29 is 0 Å². The average Bonchev–Trinajstić information content (AvgIpc) is 3.19. The average molecular weight is 373 g/mol. The highest BCUT2D eigenvalue weighted by molar-refractivity contribution is 7.98. The first-order valence-corrected chi connectivity index (χ1v) is 9.33. The van der Waals surface area contributed by atoms with Gasteiger partial charge in [0, 0.05) is 0 Å². The number of benzene rings is 2. The van der Waals surface area contributed by atoms with E-state index >= 15 is 0 Å². The van der Waals surface area contributed by atoms with Crippen LogP contribution in [0.25, 0.3) is 22.2 Å². The lowest BCUT2D eigenvalue weighted by atomic mass is 10.2. The SMILES string of the molecule is N#CCn1c(CSc2ncc(-c3ccccc3)[nH]2)nc2ccccc2c1=O. The van der Waals surface area contributed by atoms with Crippen molar-refractivity contribution in [3.05, 3.63) is 77.0 Å². The summed E-state index contributed by atoms with van der Waals surface area (Å²) in [6.07, 6.45) is 1.79. The van der Waals surface area contributed by atoms with Crippen LogP contribution in [0, 0.1) is 11.3 Å². The van der Waals surface area contributed by atoms with Gasteiger partial charge in [0.1, 0.15) is 12.4 Å². The zero-order valence-corrected chi connectivity index (χ0v) is 15.1. The normalized spacial score (nSPS) is 10.8. The molecule has 0 saturated heterocycles. The minimum atomic E-state index is -0.192. The number of H-pyrrole nitrogens is 1. The molecular weight excluding hydrogens is 358 g/mol. The van der Waals surface area contributed by atoms with Crippen molar-refractivity contribution in [2.45, 2.75) is 17.5 Å². The zero-order chi connectivity index (χ0) is 18.6. The van der Waals surface area contributed by atoms with Crippen molar-refractivity contribution in [3.63, 3.8) is 0 Å². The van der Waals surface area contributed by atoms with E-state index in [9.17, 15) is 4.79 Å². The number of imidazole rings is 1. The number of nitriles is 1. The molecule has 0 saturated carbocycles. The third kappa shape index (κ3) is 3.48. The molecule has 0 aliphatic heterocycles. The van der Waals surface area contributed by atoms with Crippen molar-refractivity contribution in [1.29, 1.82) is 5.26 Å². The molecule has 0 fully saturated rings. The molecule has 0 radical (unpaired) electrons. The number of thioether (sulfide) groups is 1. The summed E-state index contributed by atoms with van der Waals surface area (Å²) in [4.78, 5) is 24.9. The molecule has 0 atom stereocenters. The fourth-order valence-electron chi connectivity index (χ4n) is 2.83. The Bertz CT molecular complexity index is 1190. The number of rotatable bonds is 5. The van der Waals surface area contributed by atoms with Crippen LogP contribution >= 0.6 is 11.8 Å². The second-order valence-electron chi connectivity index (χ2n) is 5.85. The Hall–Kier alpha value is -3.37. The van der Waals surface area contributed by atoms with Crippen molar-refractivity contribution in [1.82, 2.24) is 19.5 Å². The number of nitrogens with zero attached hydrogens (tertiary/aromatic N) is 4. The maximum atomic E-state index is 12.7. The van der Waals surface area contributed by atoms with E-state index in [2.05, 4.69) is 15.0 Å². The minimum absolute atomic E-state index is 0.0278. The van der Waals surface area contributed by atoms with Crippen molar-refractivity contribution in [2.24, 2.45) is 0 Å². The van der Waals surface area contributed by atoms with Crippen LogP contribution in [0.15, 0.2) is 70.7 Å². The highest BCUT2D eigenvalue weighted by atomic mass is 32.2. The van der Waals surface area contributed by atoms with Gasteiger partial charge >= 0.3 is 0 Å². The van der Waals surface area contributed by atoms with Gasteiger partial charge in [-0.05, 0) is 17.7 Å². The second kappa shape index (κ2) is 7.48. The van der Waals surface area contributed by atoms with E-state index in [1.807, 2.05) is 48.5 Å². The van der Waals surface area contributed by atoms with E-state index < -0.39 is 0 Å².